The van der Waals surface area contributed by atoms with Gasteiger partial charge in [-0.05, 0) is 25.1 Å². The lowest BCUT2D eigenvalue weighted by atomic mass is 10.2. The zero-order valence-electron chi connectivity index (χ0n) is 9.54. The highest BCUT2D eigenvalue weighted by Crippen LogP contribution is 2.14. The highest BCUT2D eigenvalue weighted by molar-refractivity contribution is 5.46. The van der Waals surface area contributed by atoms with Crippen LogP contribution in [-0.4, -0.2) is 26.2 Å². The third kappa shape index (κ3) is 3.92. The van der Waals surface area contributed by atoms with E-state index in [4.69, 9.17) is 6.42 Å². The van der Waals surface area contributed by atoms with Gasteiger partial charge in [-0.2, -0.15) is 0 Å². The van der Waals surface area contributed by atoms with Crippen molar-refractivity contribution in [3.8, 4) is 12.3 Å². The number of likely N-dealkylation sites (N-methyl/N-ethyl adjacent to an activating group) is 1. The van der Waals surface area contributed by atoms with Gasteiger partial charge in [-0.3, -0.25) is 0 Å². The lowest BCUT2D eigenvalue weighted by molar-refractivity contribution is 0.625. The van der Waals surface area contributed by atoms with Crippen LogP contribution < -0.4 is 10.2 Å². The average Bonchev–Trinajstić information content (AvgIpc) is 2.29. The summed E-state index contributed by atoms with van der Waals surface area (Å²) in [5.41, 5.74) is 0.907. The molecule has 0 aliphatic carbocycles. The summed E-state index contributed by atoms with van der Waals surface area (Å²) in [6.07, 6.45) is 5.13. The Balaban J connectivity index is 2.51. The third-order valence-corrected chi connectivity index (χ3v) is 2.34. The number of nitrogens with zero attached hydrogens (tertiary/aromatic N) is 1. The molecular weight excluding hydrogens is 203 g/mol. The van der Waals surface area contributed by atoms with E-state index in [1.54, 1.807) is 12.1 Å². The molecule has 0 spiro atoms. The minimum atomic E-state index is -0.201. The van der Waals surface area contributed by atoms with Crippen LogP contribution in [0.4, 0.5) is 10.1 Å². The van der Waals surface area contributed by atoms with Crippen molar-refractivity contribution >= 4 is 5.69 Å². The second-order valence-corrected chi connectivity index (χ2v) is 3.44. The molecule has 0 aliphatic heterocycles. The van der Waals surface area contributed by atoms with Crippen LogP contribution in [0.2, 0.25) is 0 Å². The Bertz CT molecular complexity index is 357. The molecule has 1 aromatic rings. The molecule has 0 saturated carbocycles. The summed E-state index contributed by atoms with van der Waals surface area (Å²) in [5.74, 6) is 2.32. The van der Waals surface area contributed by atoms with Crippen molar-refractivity contribution in [1.82, 2.24) is 5.32 Å². The van der Waals surface area contributed by atoms with Gasteiger partial charge >= 0.3 is 0 Å². The second-order valence-electron chi connectivity index (χ2n) is 3.44. The van der Waals surface area contributed by atoms with Crippen LogP contribution in [0.25, 0.3) is 0 Å². The predicted molar refractivity (Wildman–Crippen MR) is 66.0 cm³/mol. The summed E-state index contributed by atoms with van der Waals surface area (Å²) in [6, 6.07) is 6.63. The number of nitrogens with one attached hydrogen (secondary N) is 1. The van der Waals surface area contributed by atoms with E-state index in [0.29, 0.717) is 6.54 Å². The molecule has 0 bridgehead atoms. The monoisotopic (exact) mass is 220 g/mol. The van der Waals surface area contributed by atoms with Gasteiger partial charge < -0.3 is 10.2 Å². The van der Waals surface area contributed by atoms with E-state index < -0.39 is 0 Å². The van der Waals surface area contributed by atoms with Crippen molar-refractivity contribution in [2.45, 2.75) is 6.92 Å². The number of anilines is 1. The van der Waals surface area contributed by atoms with Gasteiger partial charge in [0.1, 0.15) is 5.82 Å². The lowest BCUT2D eigenvalue weighted by Crippen LogP contribution is -2.32. The summed E-state index contributed by atoms with van der Waals surface area (Å²) in [5, 5.41) is 3.11. The minimum absolute atomic E-state index is 0.201. The molecule has 1 N–H and O–H groups in total. The molecule has 0 unspecified atom stereocenters. The Morgan fingerprint density at radius 3 is 2.94 bits per heavy atom. The predicted octanol–water partition coefficient (Wildman–Crippen LogP) is 1.87. The van der Waals surface area contributed by atoms with E-state index in [1.807, 2.05) is 13.0 Å². The molecule has 1 rings (SSSR count). The number of hydrogen-bond donors (Lipinski definition) is 1. The first kappa shape index (κ1) is 12.5. The fourth-order valence-electron chi connectivity index (χ4n) is 1.52. The van der Waals surface area contributed by atoms with Gasteiger partial charge in [0.15, 0.2) is 0 Å². The van der Waals surface area contributed by atoms with Gasteiger partial charge in [0, 0.05) is 25.3 Å². The van der Waals surface area contributed by atoms with Gasteiger partial charge in [-0.1, -0.05) is 12.0 Å². The van der Waals surface area contributed by atoms with E-state index in [9.17, 15) is 4.39 Å². The summed E-state index contributed by atoms with van der Waals surface area (Å²) >= 11 is 0. The van der Waals surface area contributed by atoms with Gasteiger partial charge in [0.05, 0.1) is 6.54 Å². The fourth-order valence-corrected chi connectivity index (χ4v) is 1.52. The molecule has 0 fully saturated rings. The molecule has 86 valence electrons. The smallest absolute Gasteiger partial charge is 0.125 e. The quantitative estimate of drug-likeness (QED) is 0.581. The maximum atomic E-state index is 13.0. The van der Waals surface area contributed by atoms with Crippen molar-refractivity contribution in [3.05, 3.63) is 30.1 Å². The number of rotatable bonds is 6. The Kier molecular flexibility index (Phi) is 5.38. The zero-order chi connectivity index (χ0) is 11.8. The molecule has 16 heavy (non-hydrogen) atoms. The van der Waals surface area contributed by atoms with E-state index in [0.717, 1.165) is 25.3 Å². The summed E-state index contributed by atoms with van der Waals surface area (Å²) < 4.78 is 13.0. The summed E-state index contributed by atoms with van der Waals surface area (Å²) in [7, 11) is 0. The third-order valence-electron chi connectivity index (χ3n) is 2.34. The van der Waals surface area contributed by atoms with Crippen LogP contribution in [-0.2, 0) is 0 Å². The van der Waals surface area contributed by atoms with E-state index in [-0.39, 0.29) is 5.82 Å². The molecule has 1 aromatic carbocycles. The van der Waals surface area contributed by atoms with Crippen LogP contribution in [0, 0.1) is 18.2 Å². The minimum Gasteiger partial charge on any atom is -0.370 e. The molecule has 0 radical (unpaired) electrons. The van der Waals surface area contributed by atoms with E-state index in [1.165, 1.54) is 6.07 Å². The SMILES string of the molecule is C#CCNCCN(CC)c1cccc(F)c1. The molecular formula is C13H17FN2. The van der Waals surface area contributed by atoms with Crippen molar-refractivity contribution in [2.75, 3.05) is 31.1 Å². The van der Waals surface area contributed by atoms with E-state index in [2.05, 4.69) is 16.1 Å². The van der Waals surface area contributed by atoms with Crippen molar-refractivity contribution in [3.63, 3.8) is 0 Å². The standard InChI is InChI=1S/C13H17FN2/c1-3-8-15-9-10-16(4-2)13-7-5-6-12(14)11-13/h1,5-7,11,15H,4,8-10H2,2H3. The zero-order valence-corrected chi connectivity index (χ0v) is 9.54. The van der Waals surface area contributed by atoms with Gasteiger partial charge in [0.2, 0.25) is 0 Å². The molecule has 0 atom stereocenters. The number of terminal acetylenes is 1. The second kappa shape index (κ2) is 6.86. The highest BCUT2D eigenvalue weighted by atomic mass is 19.1. The first-order valence-corrected chi connectivity index (χ1v) is 5.42. The Labute approximate surface area is 96.5 Å². The Morgan fingerprint density at radius 2 is 2.31 bits per heavy atom. The fraction of sp³-hybridized carbons (Fsp3) is 0.385. The van der Waals surface area contributed by atoms with Crippen LogP contribution in [0.5, 0.6) is 0 Å². The van der Waals surface area contributed by atoms with Crippen molar-refractivity contribution in [1.29, 1.82) is 0 Å². The molecule has 3 heteroatoms. The number of halogens is 1. The normalized spacial score (nSPS) is 9.81. The molecule has 0 saturated heterocycles. The van der Waals surface area contributed by atoms with Crippen LogP contribution in [0.15, 0.2) is 24.3 Å². The molecule has 0 heterocycles. The first-order valence-electron chi connectivity index (χ1n) is 5.42. The number of benzene rings is 1. The number of hydrogen-bond acceptors (Lipinski definition) is 2. The molecule has 0 amide bonds. The Hall–Kier alpha value is -1.53. The molecule has 0 aromatic heterocycles. The lowest BCUT2D eigenvalue weighted by Gasteiger charge is -2.23. The molecule has 2 nitrogen and oxygen atoms in total. The maximum absolute atomic E-state index is 13.0. The van der Waals surface area contributed by atoms with Crippen molar-refractivity contribution in [2.24, 2.45) is 0 Å². The van der Waals surface area contributed by atoms with Crippen LogP contribution in [0.3, 0.4) is 0 Å². The van der Waals surface area contributed by atoms with Gasteiger partial charge in [0.25, 0.3) is 0 Å². The van der Waals surface area contributed by atoms with Gasteiger partial charge in [-0.25, -0.2) is 4.39 Å². The molecule has 0 aliphatic rings. The van der Waals surface area contributed by atoms with Crippen molar-refractivity contribution < 1.29 is 4.39 Å². The van der Waals surface area contributed by atoms with Gasteiger partial charge in [-0.15, -0.1) is 6.42 Å². The van der Waals surface area contributed by atoms with E-state index >= 15 is 0 Å². The maximum Gasteiger partial charge on any atom is 0.125 e. The summed E-state index contributed by atoms with van der Waals surface area (Å²) in [6.45, 7) is 5.09. The topological polar surface area (TPSA) is 15.3 Å². The average molecular weight is 220 g/mol. The highest BCUT2D eigenvalue weighted by Gasteiger charge is 2.03. The largest absolute Gasteiger partial charge is 0.370 e. The summed E-state index contributed by atoms with van der Waals surface area (Å²) in [4.78, 5) is 2.10. The Morgan fingerprint density at radius 1 is 1.50 bits per heavy atom. The first-order chi connectivity index (χ1) is 7.77. The van der Waals surface area contributed by atoms with Crippen LogP contribution >= 0.6 is 0 Å². The van der Waals surface area contributed by atoms with Crippen LogP contribution in [0.1, 0.15) is 6.92 Å².